The Balaban J connectivity index is 1.12. The first kappa shape index (κ1) is 23.9. The van der Waals surface area contributed by atoms with Crippen LogP contribution in [0.2, 0.25) is 0 Å². The molecule has 2 aromatic heterocycles. The zero-order valence-corrected chi connectivity index (χ0v) is 25.7. The molecular weight excluding hydrogens is 647 g/mol. The molecule has 3 heterocycles. The van der Waals surface area contributed by atoms with Gasteiger partial charge < -0.3 is 0 Å². The maximum atomic E-state index is 2.40. The molecule has 1 aliphatic rings. The van der Waals surface area contributed by atoms with Crippen LogP contribution in [0.15, 0.2) is 133 Å². The van der Waals surface area contributed by atoms with E-state index in [1.807, 2.05) is 22.7 Å². The molecule has 0 N–H and O–H groups in total. The van der Waals surface area contributed by atoms with Gasteiger partial charge in [0.25, 0.3) is 0 Å². The summed E-state index contributed by atoms with van der Waals surface area (Å²) in [6.45, 7) is 0. The van der Waals surface area contributed by atoms with Crippen LogP contribution in [0.4, 0.5) is 0 Å². The summed E-state index contributed by atoms with van der Waals surface area (Å²) < 4.78 is 7.24. The Morgan fingerprint density at radius 3 is 1.88 bits per heavy atom. The second-order valence-electron chi connectivity index (χ2n) is 10.5. The molecule has 0 nitrogen and oxygen atoms in total. The van der Waals surface area contributed by atoms with Crippen LogP contribution in [0.25, 0.3) is 74.1 Å². The second-order valence-corrected chi connectivity index (χ2v) is 15.6. The van der Waals surface area contributed by atoms with Gasteiger partial charge in [-0.2, -0.15) is 0 Å². The van der Waals surface area contributed by atoms with Crippen molar-refractivity contribution in [1.29, 1.82) is 0 Å². The fourth-order valence-corrected chi connectivity index (χ4v) is 12.0. The first-order chi connectivity index (χ1) is 20.3. The van der Waals surface area contributed by atoms with Gasteiger partial charge >= 0.3 is 198 Å². The number of thiophene rings is 2. The van der Waals surface area contributed by atoms with Crippen molar-refractivity contribution in [2.45, 2.75) is 0 Å². The minimum absolute atomic E-state index is 0.176. The van der Waals surface area contributed by atoms with Gasteiger partial charge in [0.15, 0.2) is 0 Å². The van der Waals surface area contributed by atoms with E-state index in [0.29, 0.717) is 0 Å². The topological polar surface area (TPSA) is 0 Å². The molecule has 9 rings (SSSR count). The Morgan fingerprint density at radius 1 is 0.415 bits per heavy atom. The summed E-state index contributed by atoms with van der Waals surface area (Å²) in [5, 5.41) is 4.16. The molecule has 8 aromatic rings. The fraction of sp³-hybridized carbons (Fsp3) is 0. The van der Waals surface area contributed by atoms with Crippen LogP contribution in [-0.2, 0) is 0 Å². The van der Waals surface area contributed by atoms with Gasteiger partial charge in [-0.05, 0) is 6.07 Å². The van der Waals surface area contributed by atoms with Gasteiger partial charge in [-0.3, -0.25) is 0 Å². The fourth-order valence-electron chi connectivity index (χ4n) is 6.12. The van der Waals surface area contributed by atoms with Crippen molar-refractivity contribution >= 4 is 52.2 Å². The SMILES string of the molecule is c1cc(-c2cccc(-c3cccc4c3[I-]c3ccccc3-4)c2)cc(-c2ccc3sc4sc5ccccc5c4c3c2)c1. The Morgan fingerprint density at radius 2 is 1.02 bits per heavy atom. The van der Waals surface area contributed by atoms with E-state index in [2.05, 4.69) is 133 Å². The van der Waals surface area contributed by atoms with E-state index in [1.54, 1.807) is 3.57 Å². The molecule has 0 fully saturated rings. The van der Waals surface area contributed by atoms with Gasteiger partial charge in [-0.1, -0.05) is 18.2 Å². The normalized spacial score (nSPS) is 12.5. The third kappa shape index (κ3) is 3.83. The predicted molar refractivity (Wildman–Crippen MR) is 174 cm³/mol. The van der Waals surface area contributed by atoms with Crippen LogP contribution in [0.5, 0.6) is 0 Å². The van der Waals surface area contributed by atoms with Crippen molar-refractivity contribution in [3.63, 3.8) is 0 Å². The molecule has 3 heteroatoms. The molecule has 194 valence electrons. The third-order valence-electron chi connectivity index (χ3n) is 8.08. The van der Waals surface area contributed by atoms with E-state index in [1.165, 1.54) is 77.6 Å². The van der Waals surface area contributed by atoms with E-state index >= 15 is 0 Å². The summed E-state index contributed by atoms with van der Waals surface area (Å²) in [5.74, 6) is 0. The number of halogens is 1. The minimum atomic E-state index is -0.176. The number of hydrogen-bond acceptors (Lipinski definition) is 2. The Hall–Kier alpha value is -3.77. The zero-order valence-electron chi connectivity index (χ0n) is 21.9. The molecule has 0 unspecified atom stereocenters. The molecule has 0 atom stereocenters. The van der Waals surface area contributed by atoms with E-state index in [4.69, 9.17) is 0 Å². The molecule has 0 saturated carbocycles. The van der Waals surface area contributed by atoms with Gasteiger partial charge in [-0.15, -0.1) is 22.7 Å². The van der Waals surface area contributed by atoms with Crippen molar-refractivity contribution in [2.24, 2.45) is 0 Å². The van der Waals surface area contributed by atoms with Crippen LogP contribution in [-0.4, -0.2) is 0 Å². The Labute approximate surface area is 256 Å². The average molecular weight is 670 g/mol. The van der Waals surface area contributed by atoms with Crippen LogP contribution >= 0.6 is 22.7 Å². The van der Waals surface area contributed by atoms with Crippen molar-refractivity contribution in [2.75, 3.05) is 0 Å². The van der Waals surface area contributed by atoms with Crippen molar-refractivity contribution in [3.05, 3.63) is 141 Å². The molecule has 6 aromatic carbocycles. The molecule has 0 saturated heterocycles. The number of rotatable bonds is 3. The average Bonchev–Trinajstić information content (AvgIpc) is 3.70. The molecule has 0 aliphatic carbocycles. The first-order valence-electron chi connectivity index (χ1n) is 13.7. The maximum absolute atomic E-state index is 2.40. The van der Waals surface area contributed by atoms with Gasteiger partial charge in [0.2, 0.25) is 0 Å². The van der Waals surface area contributed by atoms with Gasteiger partial charge in [0.05, 0.1) is 4.01 Å². The standard InChI is InChI=1S/C38H22IS2/c1-3-16-33-29(12-1)30-15-7-14-28(37(30)39-33)27-11-6-10-25(21-27)23-8-5-9-24(20-23)26-18-19-35-32(22-26)36-31-13-2-4-17-34(31)40-38(36)41-35/h1-22H/q-1. The molecule has 1 aliphatic heterocycles. The van der Waals surface area contributed by atoms with Crippen molar-refractivity contribution in [3.8, 4) is 44.5 Å². The van der Waals surface area contributed by atoms with Gasteiger partial charge in [0.1, 0.15) is 0 Å². The summed E-state index contributed by atoms with van der Waals surface area (Å²) in [6.07, 6.45) is 0. The van der Waals surface area contributed by atoms with Crippen LogP contribution in [0.1, 0.15) is 0 Å². The molecule has 0 amide bonds. The van der Waals surface area contributed by atoms with E-state index in [9.17, 15) is 0 Å². The van der Waals surface area contributed by atoms with E-state index in [0.717, 1.165) is 0 Å². The Bertz CT molecular complexity index is 2300. The monoisotopic (exact) mass is 669 g/mol. The van der Waals surface area contributed by atoms with Crippen LogP contribution in [0, 0.1) is 7.14 Å². The second kappa shape index (κ2) is 9.38. The molecule has 41 heavy (non-hydrogen) atoms. The predicted octanol–water partition coefficient (Wildman–Crippen LogP) is 8.38. The van der Waals surface area contributed by atoms with E-state index in [-0.39, 0.29) is 21.2 Å². The van der Waals surface area contributed by atoms with Gasteiger partial charge in [0, 0.05) is 10.1 Å². The zero-order chi connectivity index (χ0) is 26.9. The van der Waals surface area contributed by atoms with E-state index < -0.39 is 0 Å². The quantitative estimate of drug-likeness (QED) is 0.166. The number of hydrogen-bond donors (Lipinski definition) is 0. The summed E-state index contributed by atoms with van der Waals surface area (Å²) in [7, 11) is 0. The first-order valence-corrected chi connectivity index (χ1v) is 17.5. The molecule has 0 spiro atoms. The van der Waals surface area contributed by atoms with Crippen molar-refractivity contribution < 1.29 is 21.2 Å². The number of benzene rings is 6. The molecule has 0 radical (unpaired) electrons. The number of fused-ring (bicyclic) bond motifs is 8. The third-order valence-corrected chi connectivity index (χ3v) is 13.7. The summed E-state index contributed by atoms with van der Waals surface area (Å²) in [4.78, 5) is 0. The summed E-state index contributed by atoms with van der Waals surface area (Å²) in [6, 6.07) is 49.7. The Kier molecular flexibility index (Phi) is 5.47. The molecule has 0 bridgehead atoms. The van der Waals surface area contributed by atoms with Crippen LogP contribution in [0.3, 0.4) is 0 Å². The summed E-state index contributed by atoms with van der Waals surface area (Å²) in [5.41, 5.74) is 10.6. The van der Waals surface area contributed by atoms with Crippen molar-refractivity contribution in [1.82, 2.24) is 0 Å². The van der Waals surface area contributed by atoms with Gasteiger partial charge in [-0.25, -0.2) is 0 Å². The molecular formula is C38H22IS2-. The summed E-state index contributed by atoms with van der Waals surface area (Å²) >= 11 is 3.65. The van der Waals surface area contributed by atoms with Crippen LogP contribution < -0.4 is 21.2 Å².